The fourth-order valence-corrected chi connectivity index (χ4v) is 1.43. The maximum absolute atomic E-state index is 10.5. The number of carboxylic acid groups (broad SMARTS) is 1. The highest BCUT2D eigenvalue weighted by atomic mass is 16.4. The van der Waals surface area contributed by atoms with Crippen LogP contribution in [0.3, 0.4) is 0 Å². The molecule has 1 aliphatic carbocycles. The van der Waals surface area contributed by atoms with E-state index >= 15 is 0 Å². The van der Waals surface area contributed by atoms with Crippen LogP contribution < -0.4 is 0 Å². The first-order valence-electron chi connectivity index (χ1n) is 3.84. The highest BCUT2D eigenvalue weighted by molar-refractivity contribution is 5.71. The molecular weight excluding hydrogens is 158 g/mol. The van der Waals surface area contributed by atoms with Gasteiger partial charge in [0.05, 0.1) is 5.92 Å². The summed E-state index contributed by atoms with van der Waals surface area (Å²) in [5.41, 5.74) is 0. The molecule has 1 heterocycles. The third-order valence-electron chi connectivity index (χ3n) is 2.32. The highest BCUT2D eigenvalue weighted by Gasteiger charge is 2.35. The van der Waals surface area contributed by atoms with E-state index in [0.717, 1.165) is 0 Å². The first-order valence-corrected chi connectivity index (χ1v) is 3.84. The lowest BCUT2D eigenvalue weighted by Gasteiger charge is -2.32. The Bertz CT molecular complexity index is 277. The number of aromatic nitrogens is 3. The molecule has 0 amide bonds. The van der Waals surface area contributed by atoms with Gasteiger partial charge in [-0.15, -0.1) is 10.2 Å². The summed E-state index contributed by atoms with van der Waals surface area (Å²) in [6, 6.07) is 0.293. The van der Waals surface area contributed by atoms with Crippen LogP contribution in [-0.4, -0.2) is 25.8 Å². The summed E-state index contributed by atoms with van der Waals surface area (Å²) in [6.07, 6.45) is 4.66. The van der Waals surface area contributed by atoms with Gasteiger partial charge in [0.15, 0.2) is 0 Å². The third-order valence-corrected chi connectivity index (χ3v) is 2.32. The van der Waals surface area contributed by atoms with Crippen LogP contribution in [0, 0.1) is 5.92 Å². The lowest BCUT2D eigenvalue weighted by molar-refractivity contribution is -0.146. The van der Waals surface area contributed by atoms with Crippen molar-refractivity contribution in [2.75, 3.05) is 0 Å². The lowest BCUT2D eigenvalue weighted by atomic mass is 9.80. The molecule has 1 N–H and O–H groups in total. The molecule has 1 saturated carbocycles. The van der Waals surface area contributed by atoms with Gasteiger partial charge in [0, 0.05) is 6.04 Å². The predicted octanol–water partition coefficient (Wildman–Crippen LogP) is 0.314. The largest absolute Gasteiger partial charge is 0.481 e. The third kappa shape index (κ3) is 1.07. The average molecular weight is 167 g/mol. The zero-order valence-electron chi connectivity index (χ0n) is 6.42. The fraction of sp³-hybridized carbons (Fsp3) is 0.571. The highest BCUT2D eigenvalue weighted by Crippen LogP contribution is 2.37. The topological polar surface area (TPSA) is 68.0 Å². The predicted molar refractivity (Wildman–Crippen MR) is 39.4 cm³/mol. The van der Waals surface area contributed by atoms with Gasteiger partial charge in [0.2, 0.25) is 0 Å². The van der Waals surface area contributed by atoms with Gasteiger partial charge in [-0.1, -0.05) is 0 Å². The molecule has 0 aliphatic heterocycles. The second-order valence-corrected chi connectivity index (χ2v) is 3.07. The number of rotatable bonds is 2. The Labute approximate surface area is 69.0 Å². The zero-order valence-corrected chi connectivity index (χ0v) is 6.42. The number of hydrogen-bond donors (Lipinski definition) is 1. The molecule has 64 valence electrons. The number of carboxylic acids is 1. The first kappa shape index (κ1) is 7.27. The Morgan fingerprint density at radius 3 is 2.50 bits per heavy atom. The zero-order chi connectivity index (χ0) is 8.55. The molecule has 2 rings (SSSR count). The van der Waals surface area contributed by atoms with Crippen molar-refractivity contribution < 1.29 is 9.90 Å². The van der Waals surface area contributed by atoms with Crippen LogP contribution in [-0.2, 0) is 4.79 Å². The van der Waals surface area contributed by atoms with E-state index in [0.29, 0.717) is 18.9 Å². The molecule has 1 aromatic heterocycles. The standard InChI is InChI=1S/C7H9N3O2/c11-7(12)5-1-6(2-5)10-3-8-9-4-10/h3-6H,1-2H2,(H,11,12). The minimum Gasteiger partial charge on any atom is -0.481 e. The summed E-state index contributed by atoms with van der Waals surface area (Å²) < 4.78 is 1.86. The van der Waals surface area contributed by atoms with Crippen molar-refractivity contribution in [2.45, 2.75) is 18.9 Å². The summed E-state index contributed by atoms with van der Waals surface area (Å²) >= 11 is 0. The van der Waals surface area contributed by atoms with Crippen molar-refractivity contribution in [2.24, 2.45) is 5.92 Å². The average Bonchev–Trinajstić information content (AvgIpc) is 2.34. The van der Waals surface area contributed by atoms with Crippen LogP contribution in [0.4, 0.5) is 0 Å². The Kier molecular flexibility index (Phi) is 1.56. The smallest absolute Gasteiger partial charge is 0.306 e. The van der Waals surface area contributed by atoms with Gasteiger partial charge < -0.3 is 9.67 Å². The van der Waals surface area contributed by atoms with Crippen LogP contribution in [0.25, 0.3) is 0 Å². The Morgan fingerprint density at radius 2 is 2.00 bits per heavy atom. The van der Waals surface area contributed by atoms with Gasteiger partial charge in [-0.2, -0.15) is 0 Å². The summed E-state index contributed by atoms with van der Waals surface area (Å²) in [5, 5.41) is 15.9. The molecule has 0 bridgehead atoms. The van der Waals surface area contributed by atoms with Crippen molar-refractivity contribution in [1.82, 2.24) is 14.8 Å². The van der Waals surface area contributed by atoms with Crippen LogP contribution >= 0.6 is 0 Å². The number of hydrogen-bond acceptors (Lipinski definition) is 3. The second kappa shape index (κ2) is 2.58. The van der Waals surface area contributed by atoms with Crippen LogP contribution in [0.1, 0.15) is 18.9 Å². The molecule has 0 spiro atoms. The van der Waals surface area contributed by atoms with E-state index in [1.807, 2.05) is 4.57 Å². The van der Waals surface area contributed by atoms with Gasteiger partial charge in [-0.25, -0.2) is 0 Å². The van der Waals surface area contributed by atoms with E-state index in [9.17, 15) is 4.79 Å². The van der Waals surface area contributed by atoms with Crippen molar-refractivity contribution in [1.29, 1.82) is 0 Å². The maximum atomic E-state index is 10.5. The van der Waals surface area contributed by atoms with Crippen molar-refractivity contribution >= 4 is 5.97 Å². The normalized spacial score (nSPS) is 28.0. The van der Waals surface area contributed by atoms with E-state index in [2.05, 4.69) is 10.2 Å². The number of nitrogens with zero attached hydrogens (tertiary/aromatic N) is 3. The summed E-state index contributed by atoms with van der Waals surface area (Å²) in [6.45, 7) is 0. The minimum absolute atomic E-state index is 0.169. The van der Waals surface area contributed by atoms with E-state index in [1.165, 1.54) is 0 Å². The molecule has 1 fully saturated rings. The van der Waals surface area contributed by atoms with E-state index in [1.54, 1.807) is 12.7 Å². The fourth-order valence-electron chi connectivity index (χ4n) is 1.43. The molecule has 1 aliphatic rings. The molecule has 0 atom stereocenters. The van der Waals surface area contributed by atoms with Gasteiger partial charge in [0.25, 0.3) is 0 Å². The van der Waals surface area contributed by atoms with Gasteiger partial charge in [-0.3, -0.25) is 4.79 Å². The molecule has 0 radical (unpaired) electrons. The molecule has 5 heteroatoms. The SMILES string of the molecule is O=C(O)C1CC(n2cnnc2)C1. The molecule has 0 saturated heterocycles. The monoisotopic (exact) mass is 167 g/mol. The molecule has 1 aromatic rings. The first-order chi connectivity index (χ1) is 5.77. The molecular formula is C7H9N3O2. The Hall–Kier alpha value is -1.39. The van der Waals surface area contributed by atoms with Crippen molar-refractivity contribution in [3.05, 3.63) is 12.7 Å². The van der Waals surface area contributed by atoms with Gasteiger partial charge >= 0.3 is 5.97 Å². The van der Waals surface area contributed by atoms with E-state index in [4.69, 9.17) is 5.11 Å². The summed E-state index contributed by atoms with van der Waals surface area (Å²) in [7, 11) is 0. The Balaban J connectivity index is 1.94. The molecule has 12 heavy (non-hydrogen) atoms. The van der Waals surface area contributed by atoms with Crippen LogP contribution in [0.15, 0.2) is 12.7 Å². The summed E-state index contributed by atoms with van der Waals surface area (Å²) in [4.78, 5) is 10.5. The second-order valence-electron chi connectivity index (χ2n) is 3.07. The van der Waals surface area contributed by atoms with E-state index < -0.39 is 5.97 Å². The quantitative estimate of drug-likeness (QED) is 0.688. The maximum Gasteiger partial charge on any atom is 0.306 e. The molecule has 0 aromatic carbocycles. The summed E-state index contributed by atoms with van der Waals surface area (Å²) in [5.74, 6) is -0.864. The number of carbonyl (C=O) groups is 1. The van der Waals surface area contributed by atoms with E-state index in [-0.39, 0.29) is 5.92 Å². The van der Waals surface area contributed by atoms with Crippen molar-refractivity contribution in [3.63, 3.8) is 0 Å². The Morgan fingerprint density at radius 1 is 1.42 bits per heavy atom. The van der Waals surface area contributed by atoms with Gasteiger partial charge in [0.1, 0.15) is 12.7 Å². The molecule has 5 nitrogen and oxygen atoms in total. The van der Waals surface area contributed by atoms with Gasteiger partial charge in [-0.05, 0) is 12.8 Å². The van der Waals surface area contributed by atoms with Crippen LogP contribution in [0.2, 0.25) is 0 Å². The minimum atomic E-state index is -0.695. The number of aliphatic carboxylic acids is 1. The van der Waals surface area contributed by atoms with Crippen molar-refractivity contribution in [3.8, 4) is 0 Å². The van der Waals surface area contributed by atoms with Crippen LogP contribution in [0.5, 0.6) is 0 Å². The molecule has 0 unspecified atom stereocenters. The lowest BCUT2D eigenvalue weighted by Crippen LogP contribution is -2.31.